The Morgan fingerprint density at radius 1 is 0.907 bits per heavy atom. The molecule has 240 valence electrons. The smallest absolute Gasteiger partial charge is 0.423 e. The van der Waals surface area contributed by atoms with Gasteiger partial charge in [0.05, 0.1) is 13.1 Å². The normalized spacial score (nSPS) is 10.4. The van der Waals surface area contributed by atoms with E-state index in [4.69, 9.17) is 10.2 Å². The largest absolute Gasteiger partial charge is 0.471 e. The van der Waals surface area contributed by atoms with Gasteiger partial charge in [-0.05, 0) is 43.4 Å². The summed E-state index contributed by atoms with van der Waals surface area (Å²) >= 11 is 0. The lowest BCUT2D eigenvalue weighted by Crippen LogP contribution is -2.39. The summed E-state index contributed by atoms with van der Waals surface area (Å²) in [6, 6.07) is 6.39. The first kappa shape index (κ1) is 38.6. The minimum absolute atomic E-state index is 0.0942. The van der Waals surface area contributed by atoms with Crippen LogP contribution in [-0.2, 0) is 24.0 Å². The number of rotatable bonds is 11. The Labute approximate surface area is 247 Å². The van der Waals surface area contributed by atoms with E-state index in [0.717, 1.165) is 16.9 Å². The number of primary amides is 1. The van der Waals surface area contributed by atoms with E-state index in [1.807, 2.05) is 0 Å². The predicted molar refractivity (Wildman–Crippen MR) is 155 cm³/mol. The highest BCUT2D eigenvalue weighted by Crippen LogP contribution is 2.21. The van der Waals surface area contributed by atoms with Crippen molar-refractivity contribution < 1.29 is 41.6 Å². The van der Waals surface area contributed by atoms with Crippen molar-refractivity contribution in [3.63, 3.8) is 0 Å². The molecule has 0 saturated carbocycles. The van der Waals surface area contributed by atoms with Crippen molar-refractivity contribution in [2.45, 2.75) is 66.5 Å². The lowest BCUT2D eigenvalue weighted by atomic mass is 10.1. The number of halogens is 3. The van der Waals surface area contributed by atoms with Gasteiger partial charge in [0, 0.05) is 43.1 Å². The van der Waals surface area contributed by atoms with E-state index in [-0.39, 0.29) is 37.9 Å². The van der Waals surface area contributed by atoms with Gasteiger partial charge in [0.1, 0.15) is 5.58 Å². The zero-order valence-corrected chi connectivity index (χ0v) is 24.9. The minimum Gasteiger partial charge on any atom is -0.423 e. The van der Waals surface area contributed by atoms with Crippen molar-refractivity contribution in [1.82, 2.24) is 16.0 Å². The highest BCUT2D eigenvalue weighted by atomic mass is 19.4. The fourth-order valence-corrected chi connectivity index (χ4v) is 2.97. The maximum atomic E-state index is 12.0. The van der Waals surface area contributed by atoms with Crippen LogP contribution < -0.4 is 32.6 Å². The van der Waals surface area contributed by atoms with Gasteiger partial charge >= 0.3 is 17.7 Å². The second kappa shape index (κ2) is 19.6. The summed E-state index contributed by atoms with van der Waals surface area (Å²) in [5, 5.41) is 9.71. The van der Waals surface area contributed by atoms with Gasteiger partial charge in [-0.2, -0.15) is 13.2 Å². The third-order valence-corrected chi connectivity index (χ3v) is 4.82. The second-order valence-electron chi connectivity index (χ2n) is 9.96. The second-order valence-corrected chi connectivity index (χ2v) is 9.96. The summed E-state index contributed by atoms with van der Waals surface area (Å²) in [6.07, 6.45) is -3.39. The SMILES string of the molecule is CC(=O)NCC(=O)NCC(N)=O.CC(C)C.Cc1cc(=O)oc2cc(NC(=O)CCCCCNC(=O)C(F)(F)F)ccc12. The molecule has 2 rings (SSSR count). The van der Waals surface area contributed by atoms with Gasteiger partial charge in [0.25, 0.3) is 0 Å². The number of alkyl halides is 3. The lowest BCUT2D eigenvalue weighted by molar-refractivity contribution is -0.173. The molecule has 0 unspecified atom stereocenters. The molecule has 0 saturated heterocycles. The van der Waals surface area contributed by atoms with E-state index in [9.17, 15) is 41.9 Å². The Balaban J connectivity index is 0.000000916. The van der Waals surface area contributed by atoms with Crippen molar-refractivity contribution in [2.24, 2.45) is 11.7 Å². The number of nitrogens with one attached hydrogen (secondary N) is 4. The summed E-state index contributed by atoms with van der Waals surface area (Å²) in [5.41, 5.74) is 5.92. The van der Waals surface area contributed by atoms with Crippen LogP contribution in [0.1, 0.15) is 58.9 Å². The standard InChI is InChI=1S/C18H19F3N2O4.C6H11N3O3.C4H10/c1-11-9-16(25)27-14-10-12(6-7-13(11)14)23-15(24)5-3-2-4-8-22-17(26)18(19,20)21;1-4(10)8-3-6(12)9-2-5(7)11;1-4(2)3/h6-7,9-10H,2-5,8H2,1H3,(H,22,26)(H,23,24);2-3H2,1H3,(H2,7,11)(H,8,10)(H,9,12);4H,1-3H3. The maximum Gasteiger partial charge on any atom is 0.471 e. The van der Waals surface area contributed by atoms with E-state index in [2.05, 4.69) is 36.7 Å². The molecule has 1 heterocycles. The molecule has 12 nitrogen and oxygen atoms in total. The van der Waals surface area contributed by atoms with Crippen LogP contribution in [-0.4, -0.2) is 55.3 Å². The van der Waals surface area contributed by atoms with Crippen molar-refractivity contribution in [1.29, 1.82) is 0 Å². The number of carbonyl (C=O) groups excluding carboxylic acids is 5. The number of benzene rings is 1. The van der Waals surface area contributed by atoms with E-state index >= 15 is 0 Å². The van der Waals surface area contributed by atoms with Gasteiger partial charge in [-0.3, -0.25) is 24.0 Å². The molecule has 1 aromatic heterocycles. The Morgan fingerprint density at radius 2 is 1.53 bits per heavy atom. The Hall–Kier alpha value is -4.43. The average Bonchev–Trinajstić information content (AvgIpc) is 2.87. The number of amides is 5. The van der Waals surface area contributed by atoms with E-state index in [1.165, 1.54) is 13.0 Å². The van der Waals surface area contributed by atoms with Gasteiger partial charge in [0.15, 0.2) is 0 Å². The number of nitrogens with two attached hydrogens (primary N) is 1. The molecule has 0 spiro atoms. The lowest BCUT2D eigenvalue weighted by Gasteiger charge is -2.08. The quantitative estimate of drug-likeness (QED) is 0.190. The minimum atomic E-state index is -4.88. The molecule has 1 aromatic carbocycles. The van der Waals surface area contributed by atoms with Crippen molar-refractivity contribution in [2.75, 3.05) is 25.0 Å². The first-order chi connectivity index (χ1) is 19.9. The summed E-state index contributed by atoms with van der Waals surface area (Å²) in [4.78, 5) is 65.2. The Morgan fingerprint density at radius 3 is 2.09 bits per heavy atom. The number of hydrogen-bond acceptors (Lipinski definition) is 7. The van der Waals surface area contributed by atoms with Crippen LogP contribution in [0.4, 0.5) is 18.9 Å². The maximum absolute atomic E-state index is 12.0. The third kappa shape index (κ3) is 19.3. The number of aryl methyl sites for hydroxylation is 1. The first-order valence-corrected chi connectivity index (χ1v) is 13.4. The third-order valence-electron chi connectivity index (χ3n) is 4.82. The van der Waals surface area contributed by atoms with E-state index in [1.54, 1.807) is 30.4 Å². The molecule has 0 atom stereocenters. The van der Waals surface area contributed by atoms with Crippen LogP contribution in [0.3, 0.4) is 0 Å². The zero-order valence-electron chi connectivity index (χ0n) is 24.9. The predicted octanol–water partition coefficient (Wildman–Crippen LogP) is 2.67. The number of anilines is 1. The van der Waals surface area contributed by atoms with Crippen molar-refractivity contribution >= 4 is 46.2 Å². The fraction of sp³-hybridized carbons (Fsp3) is 0.500. The molecule has 0 aliphatic rings. The molecule has 43 heavy (non-hydrogen) atoms. The van der Waals surface area contributed by atoms with Crippen LogP contribution in [0.25, 0.3) is 11.0 Å². The summed E-state index contributed by atoms with van der Waals surface area (Å²) in [6.45, 7) is 9.14. The van der Waals surface area contributed by atoms with Gasteiger partial charge < -0.3 is 31.4 Å². The topological polar surface area (TPSA) is 190 Å². The van der Waals surface area contributed by atoms with Crippen LogP contribution in [0.5, 0.6) is 0 Å². The summed E-state index contributed by atoms with van der Waals surface area (Å²) in [7, 11) is 0. The number of unbranched alkanes of at least 4 members (excludes halogenated alkanes) is 2. The van der Waals surface area contributed by atoms with Crippen LogP contribution in [0.15, 0.2) is 33.5 Å². The van der Waals surface area contributed by atoms with Gasteiger partial charge in [-0.1, -0.05) is 27.2 Å². The Kier molecular flexibility index (Phi) is 17.6. The van der Waals surface area contributed by atoms with Crippen LogP contribution in [0, 0.1) is 12.8 Å². The molecule has 0 bridgehead atoms. The molecule has 0 aliphatic carbocycles. The summed E-state index contributed by atoms with van der Waals surface area (Å²) in [5.74, 6) is -2.75. The monoisotopic (exact) mass is 615 g/mol. The van der Waals surface area contributed by atoms with Crippen LogP contribution in [0.2, 0.25) is 0 Å². The van der Waals surface area contributed by atoms with Gasteiger partial charge in [0.2, 0.25) is 23.6 Å². The molecule has 6 N–H and O–H groups in total. The first-order valence-electron chi connectivity index (χ1n) is 13.4. The van der Waals surface area contributed by atoms with Gasteiger partial charge in [-0.25, -0.2) is 4.79 Å². The molecule has 0 radical (unpaired) electrons. The number of carbonyl (C=O) groups is 5. The number of hydrogen-bond donors (Lipinski definition) is 5. The molecule has 5 amide bonds. The molecule has 0 fully saturated rings. The highest BCUT2D eigenvalue weighted by Gasteiger charge is 2.38. The highest BCUT2D eigenvalue weighted by molar-refractivity contribution is 5.93. The number of fused-ring (bicyclic) bond motifs is 1. The van der Waals surface area contributed by atoms with E-state index in [0.29, 0.717) is 30.5 Å². The molecule has 15 heteroatoms. The molecule has 2 aromatic rings. The molecule has 0 aliphatic heterocycles. The van der Waals surface area contributed by atoms with E-state index < -0.39 is 29.5 Å². The zero-order chi connectivity index (χ0) is 33.2. The van der Waals surface area contributed by atoms with Crippen molar-refractivity contribution in [3.05, 3.63) is 40.2 Å². The molecular weight excluding hydrogens is 575 g/mol. The summed E-state index contributed by atoms with van der Waals surface area (Å²) < 4.78 is 41.1. The van der Waals surface area contributed by atoms with Crippen molar-refractivity contribution in [3.8, 4) is 0 Å². The average molecular weight is 616 g/mol. The Bertz CT molecular complexity index is 1270. The fourth-order valence-electron chi connectivity index (χ4n) is 2.97. The van der Waals surface area contributed by atoms with Crippen LogP contribution >= 0.6 is 0 Å². The van der Waals surface area contributed by atoms with Gasteiger partial charge in [-0.15, -0.1) is 0 Å². The molecular formula is C28H40F3N5O7.